The third kappa shape index (κ3) is 11.7. The van der Waals surface area contributed by atoms with Crippen molar-refractivity contribution in [1.82, 2.24) is 15.6 Å². The van der Waals surface area contributed by atoms with Gasteiger partial charge in [-0.2, -0.15) is 0 Å². The molecule has 0 aromatic carbocycles. The van der Waals surface area contributed by atoms with E-state index in [1.54, 1.807) is 13.0 Å². The SMILES string of the molecule is CC.CC.CCC.CCC/C=C/C1CC(=O)NCc2nc(cs2)C2=NC(C)(CS2)C(=O)NCC(=O)O1. The number of thiazole rings is 1. The average Bonchev–Trinajstić information content (AvgIpc) is 3.51. The van der Waals surface area contributed by atoms with Crippen LogP contribution in [0.5, 0.6) is 0 Å². The number of amides is 2. The number of rotatable bonds is 3. The van der Waals surface area contributed by atoms with Gasteiger partial charge in [-0.1, -0.05) is 67.4 Å². The molecular formula is C26H44N4O4S2. The van der Waals surface area contributed by atoms with E-state index in [1.807, 2.05) is 46.1 Å². The number of ether oxygens (including phenoxy) is 1. The fourth-order valence-electron chi connectivity index (χ4n) is 2.78. The van der Waals surface area contributed by atoms with Crippen molar-refractivity contribution < 1.29 is 19.1 Å². The average molecular weight is 541 g/mol. The summed E-state index contributed by atoms with van der Waals surface area (Å²) in [5.41, 5.74) is -0.261. The molecule has 2 amide bonds. The molecule has 2 atom stereocenters. The molecule has 0 saturated carbocycles. The van der Waals surface area contributed by atoms with Crippen LogP contribution in [0.3, 0.4) is 0 Å². The number of nitrogens with zero attached hydrogens (tertiary/aromatic N) is 2. The summed E-state index contributed by atoms with van der Waals surface area (Å²) in [4.78, 5) is 46.2. The molecule has 4 bridgehead atoms. The summed E-state index contributed by atoms with van der Waals surface area (Å²) in [5.74, 6) is -0.701. The van der Waals surface area contributed by atoms with E-state index in [1.165, 1.54) is 29.5 Å². The number of cyclic esters (lactones) is 1. The van der Waals surface area contributed by atoms with Gasteiger partial charge in [0.1, 0.15) is 33.9 Å². The molecule has 10 heteroatoms. The van der Waals surface area contributed by atoms with E-state index in [-0.39, 0.29) is 24.8 Å². The molecule has 0 fully saturated rings. The number of fused-ring (bicyclic) bond motifs is 4. The number of hydrogen-bond acceptors (Lipinski definition) is 8. The Labute approximate surface area is 225 Å². The van der Waals surface area contributed by atoms with E-state index in [0.29, 0.717) is 23.0 Å². The van der Waals surface area contributed by atoms with Gasteiger partial charge in [-0.3, -0.25) is 19.4 Å². The van der Waals surface area contributed by atoms with E-state index >= 15 is 0 Å². The van der Waals surface area contributed by atoms with Gasteiger partial charge in [0.2, 0.25) is 11.8 Å². The van der Waals surface area contributed by atoms with Crippen LogP contribution in [0.1, 0.15) is 91.8 Å². The molecule has 3 heterocycles. The Morgan fingerprint density at radius 2 is 1.78 bits per heavy atom. The first-order valence-electron chi connectivity index (χ1n) is 12.9. The van der Waals surface area contributed by atoms with Gasteiger partial charge in [0.25, 0.3) is 0 Å². The summed E-state index contributed by atoms with van der Waals surface area (Å²) < 4.78 is 5.40. The number of allylic oxidation sites excluding steroid dienone is 1. The van der Waals surface area contributed by atoms with Crippen LogP contribution < -0.4 is 10.6 Å². The van der Waals surface area contributed by atoms with E-state index in [2.05, 4.69) is 34.5 Å². The number of aliphatic imine (C=N–C) groups is 1. The molecule has 2 N–H and O–H groups in total. The minimum absolute atomic E-state index is 0.0123. The van der Waals surface area contributed by atoms with Gasteiger partial charge in [0.15, 0.2) is 0 Å². The minimum atomic E-state index is -0.963. The summed E-state index contributed by atoms with van der Waals surface area (Å²) in [7, 11) is 0. The lowest BCUT2D eigenvalue weighted by Crippen LogP contribution is -2.46. The van der Waals surface area contributed by atoms with Crippen molar-refractivity contribution in [2.24, 2.45) is 4.99 Å². The van der Waals surface area contributed by atoms with Crippen molar-refractivity contribution in [3.63, 3.8) is 0 Å². The smallest absolute Gasteiger partial charge is 0.326 e. The Morgan fingerprint density at radius 3 is 2.42 bits per heavy atom. The molecule has 2 aliphatic heterocycles. The monoisotopic (exact) mass is 540 g/mol. The second kappa shape index (κ2) is 19.0. The zero-order valence-electron chi connectivity index (χ0n) is 23.1. The number of thioether (sulfide) groups is 1. The number of esters is 1. The molecule has 2 unspecified atom stereocenters. The van der Waals surface area contributed by atoms with E-state index < -0.39 is 17.6 Å². The van der Waals surface area contributed by atoms with Crippen LogP contribution in [0.15, 0.2) is 22.5 Å². The van der Waals surface area contributed by atoms with Gasteiger partial charge in [0.05, 0.1) is 13.0 Å². The van der Waals surface area contributed by atoms with Crippen molar-refractivity contribution in [3.05, 3.63) is 28.2 Å². The second-order valence-electron chi connectivity index (χ2n) is 7.72. The first-order chi connectivity index (χ1) is 17.3. The van der Waals surface area contributed by atoms with Crippen LogP contribution in [0.4, 0.5) is 0 Å². The lowest BCUT2D eigenvalue weighted by Gasteiger charge is -2.19. The molecule has 0 saturated heterocycles. The van der Waals surface area contributed by atoms with Gasteiger partial charge in [-0.25, -0.2) is 4.98 Å². The standard InChI is InChI=1S/C19H24N4O4S2.C3H8.2C2H6/c1-3-4-5-6-12-7-14(24)20-8-15-22-13(10-28-15)17-23-19(2,11-29-17)18(26)21-9-16(25)27-12;1-3-2;2*1-2/h5-6,10,12H,3-4,7-9,11H2,1-2H3,(H,20,24)(H,21,26);3H2,1-2H3;2*1-2H3/b6-5+;;;. The third-order valence-corrected chi connectivity index (χ3v) is 6.53. The highest BCUT2D eigenvalue weighted by Gasteiger charge is 2.39. The first-order valence-corrected chi connectivity index (χ1v) is 14.8. The second-order valence-corrected chi connectivity index (χ2v) is 9.63. The normalized spacial score (nSPS) is 21.8. The maximum Gasteiger partial charge on any atom is 0.326 e. The molecule has 0 spiro atoms. The van der Waals surface area contributed by atoms with Crippen LogP contribution in [-0.4, -0.2) is 51.8 Å². The Kier molecular flexibility index (Phi) is 17.8. The molecule has 1 aromatic heterocycles. The Bertz CT molecular complexity index is 870. The topological polar surface area (TPSA) is 110 Å². The maximum absolute atomic E-state index is 12.6. The number of hydrogen-bond donors (Lipinski definition) is 2. The molecule has 1 aromatic rings. The van der Waals surface area contributed by atoms with Crippen LogP contribution in [0.2, 0.25) is 0 Å². The molecule has 204 valence electrons. The van der Waals surface area contributed by atoms with Gasteiger partial charge >= 0.3 is 5.97 Å². The molecule has 0 aliphatic carbocycles. The van der Waals surface area contributed by atoms with Crippen LogP contribution in [0, 0.1) is 0 Å². The predicted molar refractivity (Wildman–Crippen MR) is 152 cm³/mol. The maximum atomic E-state index is 12.6. The van der Waals surface area contributed by atoms with Crippen molar-refractivity contribution >= 4 is 45.9 Å². The van der Waals surface area contributed by atoms with Crippen molar-refractivity contribution in [2.45, 2.75) is 99.3 Å². The zero-order valence-corrected chi connectivity index (χ0v) is 24.7. The number of carbonyl (C=O) groups is 3. The van der Waals surface area contributed by atoms with Crippen LogP contribution >= 0.6 is 23.1 Å². The third-order valence-electron chi connectivity index (χ3n) is 4.40. The highest BCUT2D eigenvalue weighted by atomic mass is 32.2. The molecular weight excluding hydrogens is 496 g/mol. The van der Waals surface area contributed by atoms with Crippen molar-refractivity contribution in [1.29, 1.82) is 0 Å². The fraction of sp³-hybridized carbons (Fsp3) is 0.654. The summed E-state index contributed by atoms with van der Waals surface area (Å²) in [6.07, 6.45) is 5.96. The van der Waals surface area contributed by atoms with Gasteiger partial charge in [-0.15, -0.1) is 23.1 Å². The Hall–Kier alpha value is -2.20. The largest absolute Gasteiger partial charge is 0.456 e. The summed E-state index contributed by atoms with van der Waals surface area (Å²) in [6, 6.07) is 0. The quantitative estimate of drug-likeness (QED) is 0.399. The minimum Gasteiger partial charge on any atom is -0.456 e. The number of carbonyl (C=O) groups excluding carboxylic acids is 3. The molecule has 8 nitrogen and oxygen atoms in total. The Balaban J connectivity index is 0.00000159. The number of aromatic nitrogens is 1. The van der Waals surface area contributed by atoms with Gasteiger partial charge in [0, 0.05) is 11.1 Å². The van der Waals surface area contributed by atoms with Crippen molar-refractivity contribution in [3.8, 4) is 0 Å². The number of nitrogens with one attached hydrogen (secondary N) is 2. The summed E-state index contributed by atoms with van der Waals surface area (Å²) in [5, 5.41) is 8.73. The molecule has 3 rings (SSSR count). The molecule has 2 aliphatic rings. The molecule has 0 radical (unpaired) electrons. The lowest BCUT2D eigenvalue weighted by molar-refractivity contribution is -0.148. The lowest BCUT2D eigenvalue weighted by atomic mass is 10.1. The van der Waals surface area contributed by atoms with Crippen LogP contribution in [-0.2, 0) is 25.7 Å². The highest BCUT2D eigenvalue weighted by Crippen LogP contribution is 2.31. The Morgan fingerprint density at radius 1 is 1.11 bits per heavy atom. The number of unbranched alkanes of at least 4 members (excludes halogenated alkanes) is 1. The van der Waals surface area contributed by atoms with Crippen LogP contribution in [0.25, 0.3) is 0 Å². The molecule has 36 heavy (non-hydrogen) atoms. The predicted octanol–water partition coefficient (Wildman–Crippen LogP) is 5.27. The highest BCUT2D eigenvalue weighted by molar-refractivity contribution is 8.14. The first kappa shape index (κ1) is 33.8. The van der Waals surface area contributed by atoms with E-state index in [4.69, 9.17) is 4.74 Å². The van der Waals surface area contributed by atoms with Gasteiger partial charge in [-0.05, 0) is 19.4 Å². The fourth-order valence-corrected chi connectivity index (χ4v) is 4.71. The van der Waals surface area contributed by atoms with Gasteiger partial charge < -0.3 is 15.4 Å². The van der Waals surface area contributed by atoms with E-state index in [0.717, 1.165) is 17.8 Å². The zero-order chi connectivity index (χ0) is 27.6. The summed E-state index contributed by atoms with van der Waals surface area (Å²) in [6.45, 7) is 16.0. The van der Waals surface area contributed by atoms with Crippen molar-refractivity contribution in [2.75, 3.05) is 12.3 Å². The van der Waals surface area contributed by atoms with E-state index in [9.17, 15) is 14.4 Å². The summed E-state index contributed by atoms with van der Waals surface area (Å²) >= 11 is 2.88.